The van der Waals surface area contributed by atoms with E-state index in [1.807, 2.05) is 29.9 Å². The van der Waals surface area contributed by atoms with E-state index < -0.39 is 11.8 Å². The van der Waals surface area contributed by atoms with Crippen molar-refractivity contribution in [2.24, 2.45) is 7.05 Å². The highest BCUT2D eigenvalue weighted by Gasteiger charge is 2.27. The van der Waals surface area contributed by atoms with Crippen molar-refractivity contribution in [3.05, 3.63) is 48.3 Å². The van der Waals surface area contributed by atoms with Crippen LogP contribution in [-0.2, 0) is 21.4 Å². The second kappa shape index (κ2) is 10.2. The van der Waals surface area contributed by atoms with Crippen LogP contribution < -0.4 is 16.0 Å². The highest BCUT2D eigenvalue weighted by molar-refractivity contribution is 6.39. The molecule has 1 saturated heterocycles. The second-order valence-electron chi connectivity index (χ2n) is 7.83. The normalized spacial score (nSPS) is 15.8. The van der Waals surface area contributed by atoms with Crippen LogP contribution in [0.15, 0.2) is 42.6 Å². The van der Waals surface area contributed by atoms with Crippen LogP contribution in [0.25, 0.3) is 0 Å². The van der Waals surface area contributed by atoms with E-state index in [1.165, 1.54) is 6.92 Å². The molecular formula is C22H30N6O3. The van der Waals surface area contributed by atoms with Crippen molar-refractivity contribution in [3.63, 3.8) is 0 Å². The molecule has 1 aromatic carbocycles. The lowest BCUT2D eigenvalue weighted by Crippen LogP contribution is -2.49. The van der Waals surface area contributed by atoms with Gasteiger partial charge in [0.25, 0.3) is 0 Å². The lowest BCUT2D eigenvalue weighted by atomic mass is 10.1. The van der Waals surface area contributed by atoms with Crippen LogP contribution in [0.4, 0.5) is 11.4 Å². The van der Waals surface area contributed by atoms with Gasteiger partial charge in [-0.3, -0.25) is 19.3 Å². The molecule has 2 aromatic rings. The first kappa shape index (κ1) is 22.5. The molecule has 166 valence electrons. The van der Waals surface area contributed by atoms with Crippen LogP contribution in [0, 0.1) is 0 Å². The molecule has 9 heteroatoms. The summed E-state index contributed by atoms with van der Waals surface area (Å²) in [6.07, 6.45) is 1.98. The monoisotopic (exact) mass is 426 g/mol. The highest BCUT2D eigenvalue weighted by atomic mass is 16.2. The largest absolute Gasteiger partial charge is 0.353 e. The van der Waals surface area contributed by atoms with Gasteiger partial charge in [0, 0.05) is 70.0 Å². The third kappa shape index (κ3) is 6.16. The molecule has 1 aliphatic rings. The number of rotatable bonds is 6. The summed E-state index contributed by atoms with van der Waals surface area (Å²) in [7, 11) is 4.08. The molecule has 3 rings (SSSR count). The molecule has 1 aliphatic heterocycles. The Bertz CT molecular complexity index is 933. The van der Waals surface area contributed by atoms with Crippen LogP contribution in [0.1, 0.15) is 18.7 Å². The zero-order valence-corrected chi connectivity index (χ0v) is 18.2. The quantitative estimate of drug-likeness (QED) is 0.600. The molecule has 3 amide bonds. The second-order valence-corrected chi connectivity index (χ2v) is 7.83. The molecule has 0 bridgehead atoms. The summed E-state index contributed by atoms with van der Waals surface area (Å²) in [6, 6.07) is 10.7. The predicted octanol–water partition coefficient (Wildman–Crippen LogP) is 1.03. The Labute approximate surface area is 182 Å². The number of carbonyl (C=O) groups is 3. The number of amides is 3. The van der Waals surface area contributed by atoms with Gasteiger partial charge >= 0.3 is 11.8 Å². The number of hydrogen-bond donors (Lipinski definition) is 3. The lowest BCUT2D eigenvalue weighted by molar-refractivity contribution is -0.136. The topological polar surface area (TPSA) is 98.7 Å². The number of benzene rings is 1. The molecule has 1 atom stereocenters. The van der Waals surface area contributed by atoms with Crippen molar-refractivity contribution < 1.29 is 14.4 Å². The SMILES string of the molecule is CC(=O)Nc1cccc(NC(=O)C(=O)NCC(c2cccn2C)N2CCN(C)CC2)c1. The molecule has 1 aromatic heterocycles. The van der Waals surface area contributed by atoms with E-state index in [9.17, 15) is 14.4 Å². The fourth-order valence-corrected chi connectivity index (χ4v) is 3.71. The number of likely N-dealkylation sites (N-methyl/N-ethyl adjacent to an activating group) is 1. The Hall–Kier alpha value is -3.17. The number of aromatic nitrogens is 1. The first-order chi connectivity index (χ1) is 14.8. The summed E-state index contributed by atoms with van der Waals surface area (Å²) in [5.41, 5.74) is 2.07. The van der Waals surface area contributed by atoms with Crippen LogP contribution >= 0.6 is 0 Å². The molecule has 2 heterocycles. The van der Waals surface area contributed by atoms with E-state index in [4.69, 9.17) is 0 Å². The summed E-state index contributed by atoms with van der Waals surface area (Å²) < 4.78 is 2.04. The smallest absolute Gasteiger partial charge is 0.313 e. The summed E-state index contributed by atoms with van der Waals surface area (Å²) in [4.78, 5) is 40.7. The number of aryl methyl sites for hydroxylation is 1. The summed E-state index contributed by atoms with van der Waals surface area (Å²) in [5, 5.41) is 8.01. The van der Waals surface area contributed by atoms with Gasteiger partial charge in [0.2, 0.25) is 5.91 Å². The molecule has 31 heavy (non-hydrogen) atoms. The molecule has 3 N–H and O–H groups in total. The van der Waals surface area contributed by atoms with Crippen molar-refractivity contribution in [1.82, 2.24) is 19.7 Å². The Balaban J connectivity index is 1.62. The zero-order valence-electron chi connectivity index (χ0n) is 18.2. The molecule has 0 radical (unpaired) electrons. The summed E-state index contributed by atoms with van der Waals surface area (Å²) >= 11 is 0. The zero-order chi connectivity index (χ0) is 22.4. The van der Waals surface area contributed by atoms with Gasteiger partial charge in [-0.25, -0.2) is 0 Å². The molecule has 1 fully saturated rings. The molecule has 1 unspecified atom stereocenters. The van der Waals surface area contributed by atoms with Crippen molar-refractivity contribution in [2.75, 3.05) is 50.4 Å². The summed E-state index contributed by atoms with van der Waals surface area (Å²) in [6.45, 7) is 5.44. The minimum Gasteiger partial charge on any atom is -0.353 e. The van der Waals surface area contributed by atoms with E-state index in [1.54, 1.807) is 24.3 Å². The van der Waals surface area contributed by atoms with Gasteiger partial charge in [-0.15, -0.1) is 0 Å². The van der Waals surface area contributed by atoms with E-state index in [0.717, 1.165) is 31.9 Å². The maximum absolute atomic E-state index is 12.5. The van der Waals surface area contributed by atoms with Crippen LogP contribution in [-0.4, -0.2) is 71.9 Å². The minimum absolute atomic E-state index is 0.0199. The Kier molecular flexibility index (Phi) is 7.43. The third-order valence-corrected chi connectivity index (χ3v) is 5.41. The number of anilines is 2. The first-order valence-electron chi connectivity index (χ1n) is 10.3. The third-order valence-electron chi connectivity index (χ3n) is 5.41. The van der Waals surface area contributed by atoms with E-state index in [-0.39, 0.29) is 11.9 Å². The Morgan fingerprint density at radius 3 is 2.23 bits per heavy atom. The Morgan fingerprint density at radius 1 is 0.935 bits per heavy atom. The van der Waals surface area contributed by atoms with Crippen molar-refractivity contribution in [3.8, 4) is 0 Å². The molecular weight excluding hydrogens is 396 g/mol. The van der Waals surface area contributed by atoms with Crippen molar-refractivity contribution in [2.45, 2.75) is 13.0 Å². The fourth-order valence-electron chi connectivity index (χ4n) is 3.71. The number of nitrogens with one attached hydrogen (secondary N) is 3. The average molecular weight is 427 g/mol. The van der Waals surface area contributed by atoms with Crippen molar-refractivity contribution >= 4 is 29.1 Å². The number of hydrogen-bond acceptors (Lipinski definition) is 5. The van der Waals surface area contributed by atoms with Gasteiger partial charge in [0.1, 0.15) is 0 Å². The molecule has 9 nitrogen and oxygen atoms in total. The average Bonchev–Trinajstić information content (AvgIpc) is 3.14. The van der Waals surface area contributed by atoms with Gasteiger partial charge in [0.15, 0.2) is 0 Å². The lowest BCUT2D eigenvalue weighted by Gasteiger charge is -2.38. The maximum atomic E-state index is 12.5. The minimum atomic E-state index is -0.746. The van der Waals surface area contributed by atoms with Gasteiger partial charge < -0.3 is 25.4 Å². The highest BCUT2D eigenvalue weighted by Crippen LogP contribution is 2.22. The molecule has 0 aliphatic carbocycles. The molecule has 0 spiro atoms. The Morgan fingerprint density at radius 2 is 1.61 bits per heavy atom. The van der Waals surface area contributed by atoms with Crippen LogP contribution in [0.2, 0.25) is 0 Å². The van der Waals surface area contributed by atoms with Gasteiger partial charge in [-0.05, 0) is 37.4 Å². The van der Waals surface area contributed by atoms with Gasteiger partial charge in [-0.2, -0.15) is 0 Å². The van der Waals surface area contributed by atoms with Gasteiger partial charge in [-0.1, -0.05) is 6.07 Å². The van der Waals surface area contributed by atoms with E-state index >= 15 is 0 Å². The van der Waals surface area contributed by atoms with Gasteiger partial charge in [0.05, 0.1) is 6.04 Å². The number of carbonyl (C=O) groups excluding carboxylic acids is 3. The van der Waals surface area contributed by atoms with Crippen LogP contribution in [0.5, 0.6) is 0 Å². The van der Waals surface area contributed by atoms with Crippen LogP contribution in [0.3, 0.4) is 0 Å². The summed E-state index contributed by atoms with van der Waals surface area (Å²) in [5.74, 6) is -1.65. The van der Waals surface area contributed by atoms with Crippen molar-refractivity contribution in [1.29, 1.82) is 0 Å². The first-order valence-corrected chi connectivity index (χ1v) is 10.3. The number of nitrogens with zero attached hydrogens (tertiary/aromatic N) is 3. The predicted molar refractivity (Wildman–Crippen MR) is 120 cm³/mol. The maximum Gasteiger partial charge on any atom is 0.313 e. The standard InChI is InChI=1S/C22H30N6O3/c1-16(29)24-17-6-4-7-18(14-17)25-22(31)21(30)23-15-20(19-8-5-9-27(19)3)28-12-10-26(2)11-13-28/h4-9,14,20H,10-13,15H2,1-3H3,(H,23,30)(H,24,29)(H,25,31). The van der Waals surface area contributed by atoms with E-state index in [0.29, 0.717) is 17.9 Å². The molecule has 0 saturated carbocycles. The van der Waals surface area contributed by atoms with E-state index in [2.05, 4.69) is 32.8 Å². The fraction of sp³-hybridized carbons (Fsp3) is 0.409. The number of piperazine rings is 1.